The van der Waals surface area contributed by atoms with Crippen LogP contribution in [-0.2, 0) is 17.8 Å². The Kier molecular flexibility index (Phi) is 8.05. The summed E-state index contributed by atoms with van der Waals surface area (Å²) < 4.78 is 5.12. The van der Waals surface area contributed by atoms with E-state index in [0.29, 0.717) is 0 Å². The maximum Gasteiger partial charge on any atom is 0.0589 e. The molecule has 0 unspecified atom stereocenters. The van der Waals surface area contributed by atoms with Gasteiger partial charge in [-0.25, -0.2) is 0 Å². The van der Waals surface area contributed by atoms with Gasteiger partial charge in [-0.2, -0.15) is 0 Å². The molecule has 19 heavy (non-hydrogen) atoms. The second-order valence-electron chi connectivity index (χ2n) is 4.45. The molecule has 106 valence electrons. The molecule has 0 radical (unpaired) electrons. The zero-order valence-corrected chi connectivity index (χ0v) is 12.1. The molecule has 0 atom stereocenters. The minimum Gasteiger partial charge on any atom is -0.383 e. The number of nitrogens with one attached hydrogen (secondary N) is 1. The lowest BCUT2D eigenvalue weighted by Crippen LogP contribution is -2.27. The summed E-state index contributed by atoms with van der Waals surface area (Å²) in [5.74, 6) is 0. The normalized spacial score (nSPS) is 10.9. The van der Waals surface area contributed by atoms with Gasteiger partial charge in [0, 0.05) is 39.5 Å². The quantitative estimate of drug-likeness (QED) is 0.654. The van der Waals surface area contributed by atoms with Crippen molar-refractivity contribution in [1.29, 1.82) is 0 Å². The predicted molar refractivity (Wildman–Crippen MR) is 79.0 cm³/mol. The first kappa shape index (κ1) is 15.8. The highest BCUT2D eigenvalue weighted by atomic mass is 16.5. The van der Waals surface area contributed by atoms with E-state index in [0.717, 1.165) is 45.0 Å². The van der Waals surface area contributed by atoms with E-state index in [1.54, 1.807) is 7.11 Å². The fourth-order valence-electron chi connectivity index (χ4n) is 1.79. The van der Waals surface area contributed by atoms with Gasteiger partial charge in [0.2, 0.25) is 0 Å². The third-order valence-corrected chi connectivity index (χ3v) is 2.85. The maximum absolute atomic E-state index is 5.12. The number of hydrogen-bond acceptors (Lipinski definition) is 4. The highest BCUT2D eigenvalue weighted by Gasteiger charge is 2.05. The Labute approximate surface area is 116 Å². The first-order valence-corrected chi connectivity index (χ1v) is 6.76. The average Bonchev–Trinajstić information content (AvgIpc) is 2.44. The summed E-state index contributed by atoms with van der Waals surface area (Å²) >= 11 is 0. The molecule has 0 aromatic carbocycles. The lowest BCUT2D eigenvalue weighted by atomic mass is 10.2. The van der Waals surface area contributed by atoms with Crippen LogP contribution in [0, 0.1) is 0 Å². The van der Waals surface area contributed by atoms with E-state index in [4.69, 9.17) is 4.74 Å². The van der Waals surface area contributed by atoms with E-state index < -0.39 is 0 Å². The molecule has 0 aliphatic heterocycles. The van der Waals surface area contributed by atoms with Crippen LogP contribution in [0.2, 0.25) is 0 Å². The Morgan fingerprint density at radius 1 is 1.47 bits per heavy atom. The number of hydrogen-bond donors (Lipinski definition) is 1. The van der Waals surface area contributed by atoms with Crippen molar-refractivity contribution in [2.24, 2.45) is 0 Å². The second kappa shape index (κ2) is 9.67. The molecule has 0 bridgehead atoms. The summed E-state index contributed by atoms with van der Waals surface area (Å²) in [6.07, 6.45) is 3.86. The van der Waals surface area contributed by atoms with Crippen LogP contribution in [0.3, 0.4) is 0 Å². The van der Waals surface area contributed by atoms with E-state index >= 15 is 0 Å². The molecule has 1 heterocycles. The van der Waals surface area contributed by atoms with Crippen LogP contribution in [0.1, 0.15) is 18.2 Å². The van der Waals surface area contributed by atoms with Gasteiger partial charge in [-0.3, -0.25) is 9.88 Å². The van der Waals surface area contributed by atoms with Crippen molar-refractivity contribution in [2.45, 2.75) is 20.0 Å². The molecule has 1 aromatic heterocycles. The van der Waals surface area contributed by atoms with Crippen molar-refractivity contribution in [2.75, 3.05) is 33.4 Å². The fourth-order valence-corrected chi connectivity index (χ4v) is 1.79. The summed E-state index contributed by atoms with van der Waals surface area (Å²) in [6.45, 7) is 11.0. The Hall–Kier alpha value is -1.23. The predicted octanol–water partition coefficient (Wildman–Crippen LogP) is 1.83. The van der Waals surface area contributed by atoms with Crippen LogP contribution in [0.15, 0.2) is 31.0 Å². The molecule has 1 rings (SSSR count). The minimum absolute atomic E-state index is 0.729. The summed E-state index contributed by atoms with van der Waals surface area (Å²) in [7, 11) is 1.72. The van der Waals surface area contributed by atoms with Gasteiger partial charge in [0.25, 0.3) is 0 Å². The van der Waals surface area contributed by atoms with E-state index in [9.17, 15) is 0 Å². The van der Waals surface area contributed by atoms with Crippen molar-refractivity contribution < 1.29 is 4.74 Å². The fraction of sp³-hybridized carbons (Fsp3) is 0.533. The molecular weight excluding hydrogens is 238 g/mol. The molecule has 0 amide bonds. The molecule has 1 N–H and O–H groups in total. The van der Waals surface area contributed by atoms with Crippen LogP contribution in [-0.4, -0.2) is 43.2 Å². The van der Waals surface area contributed by atoms with Crippen molar-refractivity contribution in [3.8, 4) is 0 Å². The monoisotopic (exact) mass is 263 g/mol. The van der Waals surface area contributed by atoms with Crippen LogP contribution >= 0.6 is 0 Å². The third kappa shape index (κ3) is 6.47. The van der Waals surface area contributed by atoms with Crippen LogP contribution < -0.4 is 5.32 Å². The number of methoxy groups -OCH3 is 1. The maximum atomic E-state index is 5.12. The molecule has 4 nitrogen and oxygen atoms in total. The first-order valence-electron chi connectivity index (χ1n) is 6.76. The zero-order valence-electron chi connectivity index (χ0n) is 12.1. The lowest BCUT2D eigenvalue weighted by Gasteiger charge is -2.19. The summed E-state index contributed by atoms with van der Waals surface area (Å²) in [5, 5.41) is 3.29. The van der Waals surface area contributed by atoms with Gasteiger partial charge in [0.15, 0.2) is 0 Å². The summed E-state index contributed by atoms with van der Waals surface area (Å²) in [5.41, 5.74) is 2.30. The van der Waals surface area contributed by atoms with Crippen molar-refractivity contribution >= 4 is 0 Å². The van der Waals surface area contributed by atoms with Gasteiger partial charge in [-0.1, -0.05) is 19.1 Å². The van der Waals surface area contributed by atoms with E-state index in [1.807, 2.05) is 12.3 Å². The van der Waals surface area contributed by atoms with Crippen molar-refractivity contribution in [3.05, 3.63) is 42.2 Å². The number of ether oxygens (including phenoxy) is 1. The Morgan fingerprint density at radius 3 is 2.89 bits per heavy atom. The standard InChI is InChI=1S/C15H25N3O/c1-4-8-18(9-10-19-3)13-15-7-6-14(12-17-15)11-16-5-2/h4,6-7,12,16H,1,5,8-11,13H2,2-3H3. The smallest absolute Gasteiger partial charge is 0.0589 e. The highest BCUT2D eigenvalue weighted by Crippen LogP contribution is 2.04. The third-order valence-electron chi connectivity index (χ3n) is 2.85. The number of aromatic nitrogens is 1. The van der Waals surface area contributed by atoms with E-state index in [1.165, 1.54) is 5.56 Å². The van der Waals surface area contributed by atoms with Gasteiger partial charge < -0.3 is 10.1 Å². The molecule has 0 saturated carbocycles. The molecule has 0 saturated heterocycles. The molecule has 0 aliphatic carbocycles. The van der Waals surface area contributed by atoms with Crippen molar-refractivity contribution in [1.82, 2.24) is 15.2 Å². The molecule has 0 fully saturated rings. The first-order chi connectivity index (χ1) is 9.30. The van der Waals surface area contributed by atoms with Gasteiger partial charge in [0.1, 0.15) is 0 Å². The topological polar surface area (TPSA) is 37.4 Å². The minimum atomic E-state index is 0.729. The Balaban J connectivity index is 2.50. The second-order valence-corrected chi connectivity index (χ2v) is 4.45. The van der Waals surface area contributed by atoms with Gasteiger partial charge in [-0.15, -0.1) is 6.58 Å². The molecule has 0 spiro atoms. The summed E-state index contributed by atoms with van der Waals surface area (Å²) in [4.78, 5) is 6.77. The van der Waals surface area contributed by atoms with E-state index in [-0.39, 0.29) is 0 Å². The SMILES string of the molecule is C=CCN(CCOC)Cc1ccc(CNCC)cn1. The molecule has 1 aromatic rings. The number of pyridine rings is 1. The highest BCUT2D eigenvalue weighted by molar-refractivity contribution is 5.14. The number of nitrogens with zero attached hydrogens (tertiary/aromatic N) is 2. The Bertz CT molecular complexity index is 351. The van der Waals surface area contributed by atoms with Gasteiger partial charge >= 0.3 is 0 Å². The Morgan fingerprint density at radius 2 is 2.32 bits per heavy atom. The number of rotatable bonds is 10. The largest absolute Gasteiger partial charge is 0.383 e. The van der Waals surface area contributed by atoms with Crippen LogP contribution in [0.25, 0.3) is 0 Å². The molecular formula is C15H25N3O. The van der Waals surface area contributed by atoms with Crippen LogP contribution in [0.5, 0.6) is 0 Å². The van der Waals surface area contributed by atoms with Crippen LogP contribution in [0.4, 0.5) is 0 Å². The van der Waals surface area contributed by atoms with E-state index in [2.05, 4.69) is 40.8 Å². The lowest BCUT2D eigenvalue weighted by molar-refractivity contribution is 0.150. The molecule has 0 aliphatic rings. The van der Waals surface area contributed by atoms with Gasteiger partial charge in [-0.05, 0) is 18.2 Å². The summed E-state index contributed by atoms with van der Waals surface area (Å²) in [6, 6.07) is 4.23. The average molecular weight is 263 g/mol. The van der Waals surface area contributed by atoms with Gasteiger partial charge in [0.05, 0.1) is 12.3 Å². The molecule has 4 heteroatoms. The zero-order chi connectivity index (χ0) is 13.9. The van der Waals surface area contributed by atoms with Crippen molar-refractivity contribution in [3.63, 3.8) is 0 Å².